The van der Waals surface area contributed by atoms with E-state index in [1.165, 1.54) is 0 Å². The number of benzene rings is 3. The molecular weight excluding hydrogens is 490 g/mol. The summed E-state index contributed by atoms with van der Waals surface area (Å²) >= 11 is 8.85. The highest BCUT2D eigenvalue weighted by Gasteiger charge is 2.16. The average Bonchev–Trinajstić information content (AvgIpc) is 3.46. The molecule has 3 aromatic carbocycles. The minimum absolute atomic E-state index is 0.167. The van der Waals surface area contributed by atoms with Gasteiger partial charge in [0.15, 0.2) is 5.13 Å². The monoisotopic (exact) mass is 505 g/mol. The number of hydrogen-bond acceptors (Lipinski definition) is 6. The Balaban J connectivity index is 1.26. The fraction of sp³-hybridized carbons (Fsp3) is 0. The van der Waals surface area contributed by atoms with Crippen LogP contribution in [-0.2, 0) is 0 Å². The number of hydrogen-bond donors (Lipinski definition) is 3. The van der Waals surface area contributed by atoms with Crippen LogP contribution in [0.5, 0.6) is 0 Å². The minimum atomic E-state index is -0.438. The van der Waals surface area contributed by atoms with Gasteiger partial charge in [-0.3, -0.25) is 20.2 Å². The van der Waals surface area contributed by atoms with Crippen molar-refractivity contribution in [3.05, 3.63) is 94.5 Å². The van der Waals surface area contributed by atoms with E-state index in [-0.39, 0.29) is 5.69 Å². The molecule has 5 rings (SSSR count). The summed E-state index contributed by atoms with van der Waals surface area (Å²) in [6.07, 6.45) is 0. The van der Waals surface area contributed by atoms with E-state index < -0.39 is 11.8 Å². The predicted molar refractivity (Wildman–Crippen MR) is 136 cm³/mol. The van der Waals surface area contributed by atoms with Gasteiger partial charge in [-0.15, -0.1) is 11.3 Å². The number of nitrogens with one attached hydrogen (secondary N) is 3. The van der Waals surface area contributed by atoms with Gasteiger partial charge >= 0.3 is 0 Å². The quantitative estimate of drug-likeness (QED) is 0.250. The molecule has 7 nitrogen and oxygen atoms in total. The van der Waals surface area contributed by atoms with Gasteiger partial charge in [0, 0.05) is 15.2 Å². The Bertz CT molecular complexity index is 1500. The smallest absolute Gasteiger partial charge is 0.277 e. The molecule has 0 radical (unpaired) electrons. The molecule has 3 N–H and O–H groups in total. The normalized spacial score (nSPS) is 10.9. The molecule has 5 aromatic rings. The first-order chi connectivity index (χ1) is 16.5. The summed E-state index contributed by atoms with van der Waals surface area (Å²) in [5, 5.41) is 7.58. The SMILES string of the molecule is O=C(Nc1nc2ccc(Sc3ccccc3)cc2[nH]1)c1csc(NC(=O)c2ccccc2Cl)n1. The summed E-state index contributed by atoms with van der Waals surface area (Å²) in [5.74, 6) is -0.516. The van der Waals surface area contributed by atoms with Crippen LogP contribution in [0, 0.1) is 0 Å². The largest absolute Gasteiger partial charge is 0.324 e. The Morgan fingerprint density at radius 2 is 1.68 bits per heavy atom. The first kappa shape index (κ1) is 22.1. The summed E-state index contributed by atoms with van der Waals surface area (Å²) in [6, 6.07) is 22.7. The Kier molecular flexibility index (Phi) is 6.31. The van der Waals surface area contributed by atoms with Crippen molar-refractivity contribution in [2.45, 2.75) is 9.79 Å². The first-order valence-electron chi connectivity index (χ1n) is 10.1. The molecule has 0 aliphatic rings. The van der Waals surface area contributed by atoms with Gasteiger partial charge in [-0.05, 0) is 42.5 Å². The highest BCUT2D eigenvalue weighted by Crippen LogP contribution is 2.30. The molecule has 0 saturated heterocycles. The number of carbonyl (C=O) groups is 2. The average molecular weight is 506 g/mol. The van der Waals surface area contributed by atoms with Gasteiger partial charge in [-0.2, -0.15) is 0 Å². The molecule has 0 aliphatic heterocycles. The fourth-order valence-electron chi connectivity index (χ4n) is 3.15. The van der Waals surface area contributed by atoms with E-state index in [0.29, 0.717) is 21.7 Å². The van der Waals surface area contributed by atoms with Crippen LogP contribution in [-0.4, -0.2) is 26.8 Å². The van der Waals surface area contributed by atoms with E-state index in [1.807, 2.05) is 48.5 Å². The molecule has 2 heterocycles. The third-order valence-corrected chi connectivity index (χ3v) is 6.82. The van der Waals surface area contributed by atoms with Crippen molar-refractivity contribution in [1.82, 2.24) is 15.0 Å². The van der Waals surface area contributed by atoms with E-state index >= 15 is 0 Å². The number of nitrogens with zero attached hydrogens (tertiary/aromatic N) is 2. The fourth-order valence-corrected chi connectivity index (χ4v) is 4.94. The number of halogens is 1. The summed E-state index contributed by atoms with van der Waals surface area (Å²) in [7, 11) is 0. The summed E-state index contributed by atoms with van der Waals surface area (Å²) < 4.78 is 0. The number of imidazole rings is 1. The van der Waals surface area contributed by atoms with Crippen LogP contribution >= 0.6 is 34.7 Å². The van der Waals surface area contributed by atoms with Crippen LogP contribution in [0.15, 0.2) is 88.0 Å². The first-order valence-corrected chi connectivity index (χ1v) is 12.2. The van der Waals surface area contributed by atoms with Crippen LogP contribution in [0.1, 0.15) is 20.8 Å². The van der Waals surface area contributed by atoms with Crippen molar-refractivity contribution in [2.75, 3.05) is 10.6 Å². The van der Waals surface area contributed by atoms with Gasteiger partial charge in [0.05, 0.1) is 21.6 Å². The van der Waals surface area contributed by atoms with Crippen LogP contribution in [0.3, 0.4) is 0 Å². The molecule has 0 saturated carbocycles. The second kappa shape index (κ2) is 9.68. The molecule has 0 atom stereocenters. The van der Waals surface area contributed by atoms with Crippen molar-refractivity contribution >= 4 is 68.6 Å². The van der Waals surface area contributed by atoms with Crippen LogP contribution < -0.4 is 10.6 Å². The highest BCUT2D eigenvalue weighted by molar-refractivity contribution is 7.99. The number of carbonyl (C=O) groups excluding carboxylic acids is 2. The molecule has 0 spiro atoms. The number of thiazole rings is 1. The maximum absolute atomic E-state index is 12.7. The van der Waals surface area contributed by atoms with Gasteiger partial charge in [0.25, 0.3) is 11.8 Å². The van der Waals surface area contributed by atoms with Crippen molar-refractivity contribution in [3.8, 4) is 0 Å². The van der Waals surface area contributed by atoms with Gasteiger partial charge in [0.1, 0.15) is 5.69 Å². The molecule has 10 heteroatoms. The van der Waals surface area contributed by atoms with E-state index in [0.717, 1.165) is 32.2 Å². The number of anilines is 2. The minimum Gasteiger partial charge on any atom is -0.324 e. The Labute approximate surface area is 207 Å². The maximum atomic E-state index is 12.7. The lowest BCUT2D eigenvalue weighted by molar-refractivity contribution is 0.101. The number of aromatic nitrogens is 3. The number of aromatic amines is 1. The lowest BCUT2D eigenvalue weighted by atomic mass is 10.2. The summed E-state index contributed by atoms with van der Waals surface area (Å²) in [6.45, 7) is 0. The number of rotatable bonds is 6. The zero-order chi connectivity index (χ0) is 23.5. The molecular formula is C24H16ClN5O2S2. The molecule has 2 amide bonds. The van der Waals surface area contributed by atoms with Gasteiger partial charge in [0.2, 0.25) is 5.95 Å². The third-order valence-electron chi connectivity index (χ3n) is 4.74. The van der Waals surface area contributed by atoms with Gasteiger partial charge in [-0.25, -0.2) is 9.97 Å². The zero-order valence-electron chi connectivity index (χ0n) is 17.4. The predicted octanol–water partition coefficient (Wildman–Crippen LogP) is 6.33. The standard InChI is InChI=1S/C24H16ClN5O2S2/c25-17-9-5-4-8-16(17)21(31)30-24-28-20(13-33-24)22(32)29-23-26-18-11-10-15(12-19(18)27-23)34-14-6-2-1-3-7-14/h1-13H,(H,28,30,31)(H2,26,27,29,32). The molecule has 0 bridgehead atoms. The van der Waals surface area contributed by atoms with Crippen LogP contribution in [0.4, 0.5) is 11.1 Å². The number of fused-ring (bicyclic) bond motifs is 1. The molecule has 0 unspecified atom stereocenters. The number of amides is 2. The molecule has 2 aromatic heterocycles. The van der Waals surface area contributed by atoms with Crippen LogP contribution in [0.2, 0.25) is 5.02 Å². The molecule has 0 aliphatic carbocycles. The number of H-pyrrole nitrogens is 1. The Morgan fingerprint density at radius 3 is 2.50 bits per heavy atom. The van der Waals surface area contributed by atoms with Gasteiger partial charge in [-0.1, -0.05) is 53.7 Å². The highest BCUT2D eigenvalue weighted by atomic mass is 35.5. The summed E-state index contributed by atoms with van der Waals surface area (Å²) in [4.78, 5) is 39.0. The van der Waals surface area contributed by atoms with Crippen LogP contribution in [0.25, 0.3) is 11.0 Å². The molecule has 34 heavy (non-hydrogen) atoms. The van der Waals surface area contributed by atoms with E-state index in [9.17, 15) is 9.59 Å². The zero-order valence-corrected chi connectivity index (χ0v) is 19.8. The van der Waals surface area contributed by atoms with E-state index in [4.69, 9.17) is 11.6 Å². The van der Waals surface area contributed by atoms with Crippen molar-refractivity contribution in [1.29, 1.82) is 0 Å². The van der Waals surface area contributed by atoms with Crippen molar-refractivity contribution in [2.24, 2.45) is 0 Å². The molecule has 168 valence electrons. The van der Waals surface area contributed by atoms with E-state index in [1.54, 1.807) is 41.4 Å². The van der Waals surface area contributed by atoms with Gasteiger partial charge < -0.3 is 4.98 Å². The lowest BCUT2D eigenvalue weighted by Gasteiger charge is -2.03. The van der Waals surface area contributed by atoms with Crippen molar-refractivity contribution in [3.63, 3.8) is 0 Å². The third kappa shape index (κ3) is 4.96. The summed E-state index contributed by atoms with van der Waals surface area (Å²) in [5.41, 5.74) is 2.04. The topological polar surface area (TPSA) is 99.8 Å². The lowest BCUT2D eigenvalue weighted by Crippen LogP contribution is -2.15. The molecule has 0 fully saturated rings. The maximum Gasteiger partial charge on any atom is 0.277 e. The van der Waals surface area contributed by atoms with Crippen molar-refractivity contribution < 1.29 is 9.59 Å². The van der Waals surface area contributed by atoms with E-state index in [2.05, 4.69) is 25.6 Å². The Hall–Kier alpha value is -3.66. The Morgan fingerprint density at radius 1 is 0.882 bits per heavy atom. The second-order valence-corrected chi connectivity index (χ2v) is 9.52. The second-order valence-electron chi connectivity index (χ2n) is 7.11.